The van der Waals surface area contributed by atoms with Gasteiger partial charge in [0.15, 0.2) is 5.78 Å². The van der Waals surface area contributed by atoms with Crippen LogP contribution in [0.3, 0.4) is 0 Å². The van der Waals surface area contributed by atoms with Crippen molar-refractivity contribution in [1.29, 1.82) is 0 Å². The van der Waals surface area contributed by atoms with Gasteiger partial charge in [-0.3, -0.25) is 4.79 Å². The van der Waals surface area contributed by atoms with Gasteiger partial charge in [-0.1, -0.05) is 25.1 Å². The van der Waals surface area contributed by atoms with Crippen LogP contribution in [0.15, 0.2) is 48.8 Å². The van der Waals surface area contributed by atoms with Gasteiger partial charge in [-0.15, -0.1) is 0 Å². The number of hydrogen-bond donors (Lipinski definition) is 0. The SMILES string of the molecule is CCc1nccn1CCN1CCCC(C(=O)c2ccc3cc(OC)ccc3c2)C1. The van der Waals surface area contributed by atoms with Crippen LogP contribution in [-0.4, -0.2) is 47.0 Å². The van der Waals surface area contributed by atoms with Crippen LogP contribution < -0.4 is 4.74 Å². The molecule has 1 atom stereocenters. The zero-order valence-electron chi connectivity index (χ0n) is 17.3. The van der Waals surface area contributed by atoms with Gasteiger partial charge in [0.05, 0.1) is 7.11 Å². The van der Waals surface area contributed by atoms with Crippen LogP contribution >= 0.6 is 0 Å². The van der Waals surface area contributed by atoms with Gasteiger partial charge in [-0.05, 0) is 48.4 Å². The summed E-state index contributed by atoms with van der Waals surface area (Å²) in [6, 6.07) is 12.0. The molecule has 1 fully saturated rings. The molecule has 3 aromatic rings. The van der Waals surface area contributed by atoms with Crippen LogP contribution in [0.25, 0.3) is 10.8 Å². The summed E-state index contributed by atoms with van der Waals surface area (Å²) in [5, 5.41) is 2.18. The second-order valence-corrected chi connectivity index (χ2v) is 7.82. The Morgan fingerprint density at radius 3 is 2.83 bits per heavy atom. The quantitative estimate of drug-likeness (QED) is 0.566. The predicted octanol–water partition coefficient (Wildman–Crippen LogP) is 4.20. The van der Waals surface area contributed by atoms with E-state index in [4.69, 9.17) is 4.74 Å². The van der Waals surface area contributed by atoms with Gasteiger partial charge >= 0.3 is 0 Å². The lowest BCUT2D eigenvalue weighted by atomic mass is 9.89. The molecule has 152 valence electrons. The highest BCUT2D eigenvalue weighted by Gasteiger charge is 2.26. The topological polar surface area (TPSA) is 47.4 Å². The third-order valence-corrected chi connectivity index (χ3v) is 5.98. The summed E-state index contributed by atoms with van der Waals surface area (Å²) in [6.45, 7) is 5.94. The minimum Gasteiger partial charge on any atom is -0.497 e. The van der Waals surface area contributed by atoms with Gasteiger partial charge in [0.25, 0.3) is 0 Å². The molecule has 0 amide bonds. The van der Waals surface area contributed by atoms with E-state index in [0.29, 0.717) is 0 Å². The number of ether oxygens (including phenoxy) is 1. The highest BCUT2D eigenvalue weighted by molar-refractivity contribution is 6.01. The van der Waals surface area contributed by atoms with E-state index < -0.39 is 0 Å². The lowest BCUT2D eigenvalue weighted by Crippen LogP contribution is -2.40. The average molecular weight is 392 g/mol. The summed E-state index contributed by atoms with van der Waals surface area (Å²) in [5.41, 5.74) is 0.817. The molecule has 29 heavy (non-hydrogen) atoms. The normalized spacial score (nSPS) is 17.5. The molecule has 2 aromatic carbocycles. The maximum atomic E-state index is 13.2. The number of hydrogen-bond acceptors (Lipinski definition) is 4. The first-order chi connectivity index (χ1) is 14.2. The van der Waals surface area contributed by atoms with Gasteiger partial charge in [-0.2, -0.15) is 0 Å². The number of Topliss-reactive ketones (excluding diaryl/α,β-unsaturated/α-hetero) is 1. The first kappa shape index (κ1) is 19.6. The summed E-state index contributed by atoms with van der Waals surface area (Å²) < 4.78 is 7.52. The van der Waals surface area contributed by atoms with E-state index in [1.54, 1.807) is 7.11 Å². The molecule has 2 heterocycles. The number of fused-ring (bicyclic) bond motifs is 1. The number of rotatable bonds is 7. The van der Waals surface area contributed by atoms with Crippen molar-refractivity contribution in [3.63, 3.8) is 0 Å². The molecule has 0 bridgehead atoms. The number of methoxy groups -OCH3 is 1. The molecule has 1 unspecified atom stereocenters. The fraction of sp³-hybridized carbons (Fsp3) is 0.417. The van der Waals surface area contributed by atoms with E-state index >= 15 is 0 Å². The Morgan fingerprint density at radius 1 is 1.17 bits per heavy atom. The molecule has 0 saturated carbocycles. The zero-order chi connectivity index (χ0) is 20.2. The first-order valence-corrected chi connectivity index (χ1v) is 10.5. The number of piperidine rings is 1. The van der Waals surface area contributed by atoms with Crippen LogP contribution in [0.5, 0.6) is 5.75 Å². The highest BCUT2D eigenvalue weighted by Crippen LogP contribution is 2.25. The Kier molecular flexibility index (Phi) is 5.95. The van der Waals surface area contributed by atoms with Gasteiger partial charge in [-0.25, -0.2) is 4.98 Å². The Hall–Kier alpha value is -2.66. The number of aromatic nitrogens is 2. The van der Waals surface area contributed by atoms with E-state index in [0.717, 1.165) is 73.4 Å². The molecule has 1 saturated heterocycles. The van der Waals surface area contributed by atoms with Crippen LogP contribution in [-0.2, 0) is 13.0 Å². The summed E-state index contributed by atoms with van der Waals surface area (Å²) in [7, 11) is 1.67. The summed E-state index contributed by atoms with van der Waals surface area (Å²) in [6.07, 6.45) is 6.92. The molecular weight excluding hydrogens is 362 g/mol. The molecule has 0 radical (unpaired) electrons. The van der Waals surface area contributed by atoms with E-state index in [2.05, 4.69) is 27.6 Å². The van der Waals surface area contributed by atoms with Crippen molar-refractivity contribution < 1.29 is 9.53 Å². The van der Waals surface area contributed by atoms with E-state index in [1.807, 2.05) is 42.6 Å². The fourth-order valence-corrected chi connectivity index (χ4v) is 4.32. The summed E-state index contributed by atoms with van der Waals surface area (Å²) >= 11 is 0. The van der Waals surface area contributed by atoms with Crippen LogP contribution in [0.1, 0.15) is 35.9 Å². The minimum atomic E-state index is 0.0767. The molecule has 0 spiro atoms. The van der Waals surface area contributed by atoms with Crippen molar-refractivity contribution in [2.45, 2.75) is 32.7 Å². The van der Waals surface area contributed by atoms with Crippen LogP contribution in [0, 0.1) is 5.92 Å². The largest absolute Gasteiger partial charge is 0.497 e. The Bertz CT molecular complexity index is 995. The molecule has 5 nitrogen and oxygen atoms in total. The Morgan fingerprint density at radius 2 is 2.00 bits per heavy atom. The number of carbonyl (C=O) groups excluding carboxylic acids is 1. The minimum absolute atomic E-state index is 0.0767. The van der Waals surface area contributed by atoms with Gasteiger partial charge in [0.1, 0.15) is 11.6 Å². The first-order valence-electron chi connectivity index (χ1n) is 10.5. The Balaban J connectivity index is 1.42. The monoisotopic (exact) mass is 391 g/mol. The Labute approximate surface area is 172 Å². The number of imidazole rings is 1. The van der Waals surface area contributed by atoms with Crippen molar-refractivity contribution in [3.05, 3.63) is 60.2 Å². The number of likely N-dealkylation sites (tertiary alicyclic amines) is 1. The lowest BCUT2D eigenvalue weighted by molar-refractivity contribution is 0.0816. The second-order valence-electron chi connectivity index (χ2n) is 7.82. The van der Waals surface area contributed by atoms with E-state index in [1.165, 1.54) is 0 Å². The predicted molar refractivity (Wildman–Crippen MR) is 116 cm³/mol. The standard InChI is InChI=1S/C24H29N3O2/c1-3-23-25-10-12-27(23)14-13-26-11-4-5-21(17-26)24(28)20-7-6-19-16-22(29-2)9-8-18(19)15-20/h6-10,12,15-16,21H,3-5,11,13-14,17H2,1-2H3. The average Bonchev–Trinajstić information content (AvgIpc) is 3.24. The number of carbonyl (C=O) groups is 1. The van der Waals surface area contributed by atoms with Gasteiger partial charge < -0.3 is 14.2 Å². The molecule has 0 aliphatic carbocycles. The number of nitrogens with zero attached hydrogens (tertiary/aromatic N) is 3. The lowest BCUT2D eigenvalue weighted by Gasteiger charge is -2.32. The van der Waals surface area contributed by atoms with Crippen molar-refractivity contribution in [1.82, 2.24) is 14.5 Å². The van der Waals surface area contributed by atoms with E-state index in [9.17, 15) is 4.79 Å². The van der Waals surface area contributed by atoms with Crippen molar-refractivity contribution in [2.24, 2.45) is 5.92 Å². The molecular formula is C24H29N3O2. The highest BCUT2D eigenvalue weighted by atomic mass is 16.5. The summed E-state index contributed by atoms with van der Waals surface area (Å²) in [5.74, 6) is 2.31. The molecule has 1 aliphatic rings. The fourth-order valence-electron chi connectivity index (χ4n) is 4.32. The molecule has 1 aliphatic heterocycles. The van der Waals surface area contributed by atoms with Crippen LogP contribution in [0.2, 0.25) is 0 Å². The third kappa shape index (κ3) is 4.35. The third-order valence-electron chi connectivity index (χ3n) is 5.98. The number of ketones is 1. The molecule has 1 aromatic heterocycles. The number of aryl methyl sites for hydroxylation is 1. The van der Waals surface area contributed by atoms with Gasteiger partial charge in [0.2, 0.25) is 0 Å². The maximum absolute atomic E-state index is 13.2. The zero-order valence-corrected chi connectivity index (χ0v) is 17.3. The van der Waals surface area contributed by atoms with Crippen molar-refractivity contribution in [3.8, 4) is 5.75 Å². The van der Waals surface area contributed by atoms with Crippen molar-refractivity contribution in [2.75, 3.05) is 26.7 Å². The molecule has 5 heteroatoms. The second kappa shape index (κ2) is 8.78. The number of benzene rings is 2. The van der Waals surface area contributed by atoms with Gasteiger partial charge in [0, 0.05) is 49.9 Å². The van der Waals surface area contributed by atoms with Crippen molar-refractivity contribution >= 4 is 16.6 Å². The molecule has 4 rings (SSSR count). The smallest absolute Gasteiger partial charge is 0.167 e. The summed E-state index contributed by atoms with van der Waals surface area (Å²) in [4.78, 5) is 20.0. The molecule has 0 N–H and O–H groups in total. The maximum Gasteiger partial charge on any atom is 0.167 e. The van der Waals surface area contributed by atoms with E-state index in [-0.39, 0.29) is 11.7 Å². The van der Waals surface area contributed by atoms with Crippen LogP contribution in [0.4, 0.5) is 0 Å².